The smallest absolute Gasteiger partial charge is 0.0553 e. The number of nitrogens with one attached hydrogen (secondary N) is 1. The van der Waals surface area contributed by atoms with Gasteiger partial charge in [0, 0.05) is 16.3 Å². The van der Waals surface area contributed by atoms with Gasteiger partial charge in [-0.25, -0.2) is 0 Å². The Kier molecular flexibility index (Phi) is 4.51. The quantitative estimate of drug-likeness (QED) is 0.820. The van der Waals surface area contributed by atoms with Crippen molar-refractivity contribution in [3.63, 3.8) is 0 Å². The van der Waals surface area contributed by atoms with Crippen molar-refractivity contribution in [1.82, 2.24) is 5.32 Å². The molecule has 0 aromatic heterocycles. The van der Waals surface area contributed by atoms with Crippen LogP contribution in [0.3, 0.4) is 0 Å². The lowest BCUT2D eigenvalue weighted by atomic mass is 10.1. The average molecular weight is 298 g/mol. The summed E-state index contributed by atoms with van der Waals surface area (Å²) in [6.45, 7) is 4.32. The highest BCUT2D eigenvalue weighted by Gasteiger charge is 2.22. The molecule has 0 radical (unpaired) electrons. The van der Waals surface area contributed by atoms with Gasteiger partial charge in [-0.15, -0.1) is 0 Å². The first kappa shape index (κ1) is 14.5. The first-order valence-electron chi connectivity index (χ1n) is 7.65. The summed E-state index contributed by atoms with van der Waals surface area (Å²) in [6.07, 6.45) is 2.24. The summed E-state index contributed by atoms with van der Waals surface area (Å²) < 4.78 is 0. The van der Waals surface area contributed by atoms with Crippen molar-refractivity contribution in [3.05, 3.63) is 48.0 Å². The van der Waals surface area contributed by atoms with E-state index in [2.05, 4.69) is 59.6 Å². The number of hydrogen-bond donors (Lipinski definition) is 1. The third-order valence-electron chi connectivity index (χ3n) is 3.91. The Hall–Kier alpha value is -1.45. The Labute approximate surface area is 131 Å². The summed E-state index contributed by atoms with van der Waals surface area (Å²) >= 11 is 1.90. The molecule has 0 amide bonds. The summed E-state index contributed by atoms with van der Waals surface area (Å²) in [5, 5.41) is 3.24. The van der Waals surface area contributed by atoms with Crippen LogP contribution in [0.1, 0.15) is 18.9 Å². The topological polar surface area (TPSA) is 15.3 Å². The fourth-order valence-corrected chi connectivity index (χ4v) is 3.91. The van der Waals surface area contributed by atoms with Crippen LogP contribution in [-0.2, 0) is 6.42 Å². The van der Waals surface area contributed by atoms with Gasteiger partial charge in [0.25, 0.3) is 0 Å². The molecule has 0 aliphatic carbocycles. The van der Waals surface area contributed by atoms with E-state index in [1.54, 1.807) is 0 Å². The average Bonchev–Trinajstić information content (AvgIpc) is 2.53. The zero-order chi connectivity index (χ0) is 14.7. The van der Waals surface area contributed by atoms with Crippen molar-refractivity contribution in [2.24, 2.45) is 0 Å². The van der Waals surface area contributed by atoms with E-state index < -0.39 is 0 Å². The molecular formula is C18H22N2S. The number of anilines is 2. The van der Waals surface area contributed by atoms with Gasteiger partial charge < -0.3 is 10.2 Å². The summed E-state index contributed by atoms with van der Waals surface area (Å²) in [5.74, 6) is 0. The number of fused-ring (bicyclic) bond motifs is 2. The molecule has 1 N–H and O–H groups in total. The number of nitrogens with zero attached hydrogens (tertiary/aromatic N) is 1. The molecule has 0 fully saturated rings. The largest absolute Gasteiger partial charge is 0.340 e. The van der Waals surface area contributed by atoms with E-state index in [1.165, 1.54) is 26.7 Å². The van der Waals surface area contributed by atoms with Gasteiger partial charge in [-0.2, -0.15) is 0 Å². The zero-order valence-electron chi connectivity index (χ0n) is 12.7. The van der Waals surface area contributed by atoms with Crippen LogP contribution in [0.2, 0.25) is 0 Å². The summed E-state index contributed by atoms with van der Waals surface area (Å²) in [7, 11) is 2.02. The Morgan fingerprint density at radius 1 is 1.05 bits per heavy atom. The summed E-state index contributed by atoms with van der Waals surface area (Å²) in [6, 6.07) is 15.6. The lowest BCUT2D eigenvalue weighted by Gasteiger charge is -2.33. The van der Waals surface area contributed by atoms with E-state index in [-0.39, 0.29) is 0 Å². The fourth-order valence-electron chi connectivity index (χ4n) is 2.75. The summed E-state index contributed by atoms with van der Waals surface area (Å²) in [5.41, 5.74) is 4.11. The van der Waals surface area contributed by atoms with Gasteiger partial charge in [-0.1, -0.05) is 36.9 Å². The van der Waals surface area contributed by atoms with Crippen molar-refractivity contribution in [3.8, 4) is 0 Å². The van der Waals surface area contributed by atoms with Gasteiger partial charge in [0.1, 0.15) is 0 Å². The van der Waals surface area contributed by atoms with Crippen LogP contribution in [-0.4, -0.2) is 20.1 Å². The van der Waals surface area contributed by atoms with E-state index in [9.17, 15) is 0 Å². The number of para-hydroxylation sites is 1. The first-order chi connectivity index (χ1) is 10.3. The Morgan fingerprint density at radius 3 is 2.67 bits per heavy atom. The predicted octanol–water partition coefficient (Wildman–Crippen LogP) is 4.46. The monoisotopic (exact) mass is 298 g/mol. The molecule has 0 saturated carbocycles. The molecule has 3 rings (SSSR count). The second-order valence-electron chi connectivity index (χ2n) is 5.33. The maximum atomic E-state index is 3.24. The van der Waals surface area contributed by atoms with Crippen molar-refractivity contribution in [1.29, 1.82) is 0 Å². The number of benzene rings is 2. The number of aryl methyl sites for hydroxylation is 1. The maximum absolute atomic E-state index is 3.24. The van der Waals surface area contributed by atoms with Gasteiger partial charge in [0.2, 0.25) is 0 Å². The van der Waals surface area contributed by atoms with Crippen molar-refractivity contribution < 1.29 is 0 Å². The van der Waals surface area contributed by atoms with Gasteiger partial charge in [0.15, 0.2) is 0 Å². The molecule has 1 heterocycles. The number of hydrogen-bond acceptors (Lipinski definition) is 3. The minimum atomic E-state index is 1.05. The molecule has 0 saturated heterocycles. The Balaban J connectivity index is 1.98. The van der Waals surface area contributed by atoms with E-state index in [0.717, 1.165) is 25.9 Å². The first-order valence-corrected chi connectivity index (χ1v) is 8.47. The van der Waals surface area contributed by atoms with Crippen LogP contribution in [0.5, 0.6) is 0 Å². The molecule has 110 valence electrons. The third-order valence-corrected chi connectivity index (χ3v) is 5.02. The summed E-state index contributed by atoms with van der Waals surface area (Å²) in [4.78, 5) is 5.22. The molecule has 2 aromatic carbocycles. The third kappa shape index (κ3) is 2.94. The van der Waals surface area contributed by atoms with Gasteiger partial charge in [-0.3, -0.25) is 0 Å². The SMILES string of the molecule is CCc1ccc2c(c1)Sc1ccccc1N2CCCNC. The van der Waals surface area contributed by atoms with Gasteiger partial charge >= 0.3 is 0 Å². The molecule has 2 aromatic rings. The molecular weight excluding hydrogens is 276 g/mol. The molecule has 21 heavy (non-hydrogen) atoms. The lowest BCUT2D eigenvalue weighted by molar-refractivity contribution is 0.719. The van der Waals surface area contributed by atoms with Gasteiger partial charge in [-0.05, 0) is 56.3 Å². The van der Waals surface area contributed by atoms with E-state index in [4.69, 9.17) is 0 Å². The molecule has 1 aliphatic rings. The van der Waals surface area contributed by atoms with Crippen molar-refractivity contribution in [2.45, 2.75) is 29.6 Å². The second kappa shape index (κ2) is 6.54. The van der Waals surface area contributed by atoms with Crippen LogP contribution >= 0.6 is 11.8 Å². The molecule has 0 bridgehead atoms. The number of rotatable bonds is 5. The highest BCUT2D eigenvalue weighted by molar-refractivity contribution is 7.99. The van der Waals surface area contributed by atoms with Gasteiger partial charge in [0.05, 0.1) is 11.4 Å². The lowest BCUT2D eigenvalue weighted by Crippen LogP contribution is -2.24. The second-order valence-corrected chi connectivity index (χ2v) is 6.42. The molecule has 0 atom stereocenters. The minimum Gasteiger partial charge on any atom is -0.340 e. The van der Waals surface area contributed by atoms with Crippen LogP contribution in [0.15, 0.2) is 52.3 Å². The van der Waals surface area contributed by atoms with Crippen LogP contribution in [0.4, 0.5) is 11.4 Å². The standard InChI is InChI=1S/C18H22N2S/c1-3-14-9-10-16-18(13-14)21-17-8-5-4-7-15(17)20(16)12-6-11-19-2/h4-5,7-10,13,19H,3,6,11-12H2,1-2H3. The molecule has 1 aliphatic heterocycles. The van der Waals surface area contributed by atoms with Crippen LogP contribution < -0.4 is 10.2 Å². The van der Waals surface area contributed by atoms with Crippen molar-refractivity contribution >= 4 is 23.1 Å². The van der Waals surface area contributed by atoms with E-state index in [0.29, 0.717) is 0 Å². The molecule has 0 unspecified atom stereocenters. The highest BCUT2D eigenvalue weighted by Crippen LogP contribution is 2.48. The van der Waals surface area contributed by atoms with Crippen molar-refractivity contribution in [2.75, 3.05) is 25.0 Å². The van der Waals surface area contributed by atoms with E-state index >= 15 is 0 Å². The Morgan fingerprint density at radius 2 is 1.86 bits per heavy atom. The molecule has 3 heteroatoms. The Bertz CT molecular complexity index is 624. The fraction of sp³-hybridized carbons (Fsp3) is 0.333. The molecule has 0 spiro atoms. The minimum absolute atomic E-state index is 1.05. The van der Waals surface area contributed by atoms with Crippen LogP contribution in [0.25, 0.3) is 0 Å². The normalized spacial score (nSPS) is 13.0. The molecule has 2 nitrogen and oxygen atoms in total. The highest BCUT2D eigenvalue weighted by atomic mass is 32.2. The maximum Gasteiger partial charge on any atom is 0.0553 e. The predicted molar refractivity (Wildman–Crippen MR) is 91.9 cm³/mol. The van der Waals surface area contributed by atoms with Crippen LogP contribution in [0, 0.1) is 0 Å². The zero-order valence-corrected chi connectivity index (χ0v) is 13.5. The van der Waals surface area contributed by atoms with E-state index in [1.807, 2.05) is 18.8 Å².